The molecule has 1 aliphatic heterocycles. The topological polar surface area (TPSA) is 3.01 Å². The number of benzene rings is 2. The summed E-state index contributed by atoms with van der Waals surface area (Å²) >= 11 is 0. The lowest BCUT2D eigenvalue weighted by Crippen LogP contribution is -3.00. The Balaban J connectivity index is 0.00000320. The summed E-state index contributed by atoms with van der Waals surface area (Å²) in [4.78, 5) is 0. The maximum Gasteiger partial charge on any atom is 0.211 e. The maximum atomic E-state index is 2.58. The zero-order chi connectivity index (χ0) is 21.3. The standard InChI is InChI=1S/C28H40N.ClH/c1-18(2)23-11-9-12-24(19(3)4)27(23)22-15-16-29(17-22)28-25(20(5)6)13-10-14-26(28)21(7)8;/h9-14,17-22H,15-16H2,1-8H3;1H/q+1;/p-1. The number of hydrogen-bond acceptors (Lipinski definition) is 0. The first-order valence-electron chi connectivity index (χ1n) is 11.6. The van der Waals surface area contributed by atoms with E-state index in [2.05, 4.69) is 103 Å². The largest absolute Gasteiger partial charge is 1.00 e. The van der Waals surface area contributed by atoms with Crippen LogP contribution in [0.5, 0.6) is 0 Å². The van der Waals surface area contributed by atoms with Gasteiger partial charge in [0.05, 0.1) is 5.92 Å². The van der Waals surface area contributed by atoms with E-state index >= 15 is 0 Å². The summed E-state index contributed by atoms with van der Waals surface area (Å²) in [5.74, 6) is 2.68. The van der Waals surface area contributed by atoms with Gasteiger partial charge in [0.1, 0.15) is 6.54 Å². The minimum Gasteiger partial charge on any atom is -1.00 e. The van der Waals surface area contributed by atoms with Crippen molar-refractivity contribution in [1.29, 1.82) is 0 Å². The predicted octanol–water partition coefficient (Wildman–Crippen LogP) is 5.09. The van der Waals surface area contributed by atoms with Crippen LogP contribution in [0.4, 0.5) is 5.69 Å². The molecule has 3 rings (SSSR count). The average molecular weight is 426 g/mol. The predicted molar refractivity (Wildman–Crippen MR) is 127 cm³/mol. The van der Waals surface area contributed by atoms with Crippen molar-refractivity contribution >= 4 is 11.9 Å². The van der Waals surface area contributed by atoms with Crippen LogP contribution in [-0.4, -0.2) is 17.3 Å². The fourth-order valence-corrected chi connectivity index (χ4v) is 4.93. The number of rotatable bonds is 6. The van der Waals surface area contributed by atoms with Crippen molar-refractivity contribution in [2.24, 2.45) is 0 Å². The van der Waals surface area contributed by atoms with Gasteiger partial charge in [0.2, 0.25) is 5.69 Å². The lowest BCUT2D eigenvalue weighted by molar-refractivity contribution is -0.428. The minimum absolute atomic E-state index is 0. The highest BCUT2D eigenvalue weighted by atomic mass is 35.5. The van der Waals surface area contributed by atoms with Crippen LogP contribution < -0.4 is 12.4 Å². The quantitative estimate of drug-likeness (QED) is 0.567. The highest BCUT2D eigenvalue weighted by Crippen LogP contribution is 2.40. The highest BCUT2D eigenvalue weighted by molar-refractivity contribution is 5.70. The van der Waals surface area contributed by atoms with Crippen molar-refractivity contribution in [2.45, 2.75) is 91.4 Å². The summed E-state index contributed by atoms with van der Waals surface area (Å²) in [6, 6.07) is 13.9. The highest BCUT2D eigenvalue weighted by Gasteiger charge is 2.33. The van der Waals surface area contributed by atoms with Gasteiger partial charge in [0.25, 0.3) is 0 Å². The molecular weight excluding hydrogens is 386 g/mol. The number of hydrogen-bond donors (Lipinski definition) is 0. The van der Waals surface area contributed by atoms with Gasteiger partial charge in [-0.3, -0.25) is 0 Å². The van der Waals surface area contributed by atoms with Gasteiger partial charge < -0.3 is 12.4 Å². The second-order valence-electron chi connectivity index (χ2n) is 9.99. The van der Waals surface area contributed by atoms with E-state index in [1.165, 1.54) is 34.4 Å². The van der Waals surface area contributed by atoms with Gasteiger partial charge in [0, 0.05) is 17.5 Å². The molecule has 0 amide bonds. The zero-order valence-corrected chi connectivity index (χ0v) is 20.9. The molecule has 0 spiro atoms. The Labute approximate surface area is 191 Å². The fourth-order valence-electron chi connectivity index (χ4n) is 4.93. The van der Waals surface area contributed by atoms with Crippen molar-refractivity contribution in [3.05, 3.63) is 64.2 Å². The van der Waals surface area contributed by atoms with E-state index in [1.807, 2.05) is 0 Å². The summed E-state index contributed by atoms with van der Waals surface area (Å²) < 4.78 is 2.58. The molecule has 0 aromatic heterocycles. The van der Waals surface area contributed by atoms with Gasteiger partial charge in [-0.15, -0.1) is 0 Å². The molecule has 1 atom stereocenters. The first kappa shape index (κ1) is 24.7. The molecule has 1 heterocycles. The van der Waals surface area contributed by atoms with E-state index in [1.54, 1.807) is 5.56 Å². The SMILES string of the molecule is CC(C)c1cccc(C(C)C)c1C1C=[N+](c2c(C(C)C)cccc2C(C)C)CC1.[Cl-]. The van der Waals surface area contributed by atoms with Crippen molar-refractivity contribution in [1.82, 2.24) is 0 Å². The van der Waals surface area contributed by atoms with E-state index in [4.69, 9.17) is 0 Å². The van der Waals surface area contributed by atoms with Gasteiger partial charge in [-0.05, 0) is 40.4 Å². The average Bonchev–Trinajstić information content (AvgIpc) is 3.15. The summed E-state index contributed by atoms with van der Waals surface area (Å²) in [7, 11) is 0. The van der Waals surface area contributed by atoms with Crippen LogP contribution >= 0.6 is 0 Å². The first-order valence-corrected chi connectivity index (χ1v) is 11.6. The molecule has 0 bridgehead atoms. The Hall–Kier alpha value is -1.60. The summed E-state index contributed by atoms with van der Waals surface area (Å²) in [6.45, 7) is 19.7. The molecule has 2 aromatic rings. The molecule has 0 N–H and O–H groups in total. The van der Waals surface area contributed by atoms with Crippen molar-refractivity contribution < 1.29 is 17.0 Å². The lowest BCUT2D eigenvalue weighted by Gasteiger charge is -2.21. The van der Waals surface area contributed by atoms with Crippen LogP contribution in [0.15, 0.2) is 36.4 Å². The van der Waals surface area contributed by atoms with Crippen molar-refractivity contribution in [2.75, 3.05) is 6.54 Å². The second-order valence-corrected chi connectivity index (χ2v) is 9.99. The van der Waals surface area contributed by atoms with Gasteiger partial charge in [-0.25, -0.2) is 4.58 Å². The third-order valence-corrected chi connectivity index (χ3v) is 6.46. The molecule has 30 heavy (non-hydrogen) atoms. The van der Waals surface area contributed by atoms with Crippen LogP contribution in [0.25, 0.3) is 0 Å². The van der Waals surface area contributed by atoms with E-state index in [0.29, 0.717) is 29.6 Å². The molecule has 0 fully saturated rings. The van der Waals surface area contributed by atoms with Gasteiger partial charge in [-0.2, -0.15) is 0 Å². The Kier molecular flexibility index (Phi) is 8.34. The molecular formula is C28H40ClN. The van der Waals surface area contributed by atoms with E-state index in [9.17, 15) is 0 Å². The zero-order valence-electron chi connectivity index (χ0n) is 20.2. The molecule has 0 aliphatic carbocycles. The van der Waals surface area contributed by atoms with Gasteiger partial charge >= 0.3 is 0 Å². The van der Waals surface area contributed by atoms with Crippen molar-refractivity contribution in [3.63, 3.8) is 0 Å². The van der Waals surface area contributed by atoms with Crippen LogP contribution in [0, 0.1) is 0 Å². The van der Waals surface area contributed by atoms with E-state index in [0.717, 1.165) is 6.54 Å². The third kappa shape index (κ3) is 4.83. The minimum atomic E-state index is 0. The van der Waals surface area contributed by atoms with Crippen LogP contribution in [0.3, 0.4) is 0 Å². The monoisotopic (exact) mass is 425 g/mol. The number of nitrogens with zero attached hydrogens (tertiary/aromatic N) is 1. The normalized spacial score (nSPS) is 16.5. The van der Waals surface area contributed by atoms with E-state index in [-0.39, 0.29) is 12.4 Å². The van der Waals surface area contributed by atoms with E-state index < -0.39 is 0 Å². The van der Waals surface area contributed by atoms with Gasteiger partial charge in [-0.1, -0.05) is 91.8 Å². The number of para-hydroxylation sites is 1. The Bertz CT molecular complexity index is 837. The molecule has 2 heteroatoms. The molecule has 0 saturated heterocycles. The second kappa shape index (κ2) is 10.1. The molecule has 2 aromatic carbocycles. The smallest absolute Gasteiger partial charge is 0.211 e. The molecule has 1 unspecified atom stereocenters. The molecule has 164 valence electrons. The molecule has 0 radical (unpaired) electrons. The van der Waals surface area contributed by atoms with Crippen LogP contribution in [-0.2, 0) is 0 Å². The Morgan fingerprint density at radius 2 is 1.07 bits per heavy atom. The summed E-state index contributed by atoms with van der Waals surface area (Å²) in [5, 5.41) is 0. The van der Waals surface area contributed by atoms with Crippen LogP contribution in [0.1, 0.15) is 119 Å². The molecule has 1 aliphatic rings. The summed E-state index contributed by atoms with van der Waals surface area (Å²) in [6.07, 6.45) is 3.74. The Morgan fingerprint density at radius 1 is 0.667 bits per heavy atom. The van der Waals surface area contributed by atoms with Gasteiger partial charge in [0.15, 0.2) is 6.21 Å². The maximum absolute atomic E-state index is 2.58. The lowest BCUT2D eigenvalue weighted by atomic mass is 9.82. The Morgan fingerprint density at radius 3 is 1.47 bits per heavy atom. The molecule has 0 saturated carbocycles. The molecule has 1 nitrogen and oxygen atoms in total. The number of halogens is 1. The van der Waals surface area contributed by atoms with Crippen molar-refractivity contribution in [3.8, 4) is 0 Å². The first-order chi connectivity index (χ1) is 13.7. The summed E-state index contributed by atoms with van der Waals surface area (Å²) in [5.41, 5.74) is 9.07. The third-order valence-electron chi connectivity index (χ3n) is 6.46. The fraction of sp³-hybridized carbons (Fsp3) is 0.536. The van der Waals surface area contributed by atoms with Crippen LogP contribution in [0.2, 0.25) is 0 Å².